The summed E-state index contributed by atoms with van der Waals surface area (Å²) in [5, 5.41) is 15.3. The molecule has 4 amide bonds. The number of carbonyl (C=O) groups excluding carboxylic acids is 4. The van der Waals surface area contributed by atoms with Gasteiger partial charge in [0.05, 0.1) is 0 Å². The number of aliphatic imine (C=N–C) groups is 1. The molecule has 0 aliphatic rings. The predicted octanol–water partition coefficient (Wildman–Crippen LogP) is -1.79. The van der Waals surface area contributed by atoms with E-state index in [1.165, 1.54) is 7.05 Å². The van der Waals surface area contributed by atoms with Crippen molar-refractivity contribution in [3.05, 3.63) is 65.2 Å². The summed E-state index contributed by atoms with van der Waals surface area (Å²) in [5.74, 6) is -4.08. The summed E-state index contributed by atoms with van der Waals surface area (Å²) in [6.07, 6.45) is 0.596. The Morgan fingerprint density at radius 1 is 0.805 bits per heavy atom. The van der Waals surface area contributed by atoms with Crippen LogP contribution in [0.15, 0.2) is 53.5 Å². The Labute approximate surface area is 238 Å². The Bertz CT molecular complexity index is 1260. The lowest BCUT2D eigenvalue weighted by atomic mass is 9.95. The fourth-order valence-electron chi connectivity index (χ4n) is 3.97. The zero-order chi connectivity index (χ0) is 30.5. The maximum Gasteiger partial charge on any atom is 0.243 e. The van der Waals surface area contributed by atoms with Gasteiger partial charge < -0.3 is 44.6 Å². The maximum absolute atomic E-state index is 13.4. The molecule has 2 aromatic carbocycles. The number of amidine groups is 1. The number of guanidine groups is 1. The van der Waals surface area contributed by atoms with E-state index in [0.717, 1.165) is 0 Å². The molecule has 2 aromatic rings. The van der Waals surface area contributed by atoms with Crippen LogP contribution in [0.2, 0.25) is 0 Å². The lowest BCUT2D eigenvalue weighted by Crippen LogP contribution is -2.55. The fraction of sp³-hybridized carbons (Fsp3) is 0.333. The van der Waals surface area contributed by atoms with Gasteiger partial charge in [0.25, 0.3) is 0 Å². The van der Waals surface area contributed by atoms with Crippen molar-refractivity contribution in [1.29, 1.82) is 5.41 Å². The van der Waals surface area contributed by atoms with Crippen LogP contribution in [0.5, 0.6) is 0 Å². The molecule has 0 aliphatic heterocycles. The summed E-state index contributed by atoms with van der Waals surface area (Å²) in [6.45, 7) is 0.231. The van der Waals surface area contributed by atoms with Gasteiger partial charge in [-0.2, -0.15) is 0 Å². The summed E-state index contributed by atoms with van der Waals surface area (Å²) in [5.41, 5.74) is 29.8. The van der Waals surface area contributed by atoms with Gasteiger partial charge in [-0.15, -0.1) is 0 Å². The van der Waals surface area contributed by atoms with E-state index in [0.29, 0.717) is 28.8 Å². The van der Waals surface area contributed by atoms with Gasteiger partial charge in [0.1, 0.15) is 23.8 Å². The number of nitrogens with zero attached hydrogens (tertiary/aromatic N) is 1. The van der Waals surface area contributed by atoms with Gasteiger partial charge in [-0.05, 0) is 42.5 Å². The van der Waals surface area contributed by atoms with E-state index >= 15 is 0 Å². The summed E-state index contributed by atoms with van der Waals surface area (Å²) >= 11 is 0. The Morgan fingerprint density at radius 2 is 1.37 bits per heavy atom. The molecule has 1 unspecified atom stereocenters. The molecule has 0 spiro atoms. The summed E-state index contributed by atoms with van der Waals surface area (Å²) < 4.78 is 0. The van der Waals surface area contributed by atoms with Crippen molar-refractivity contribution >= 4 is 41.1 Å². The molecule has 0 aromatic heterocycles. The van der Waals surface area contributed by atoms with Crippen molar-refractivity contribution in [2.45, 2.75) is 37.8 Å². The molecule has 0 aliphatic carbocycles. The number of rotatable bonds is 15. The van der Waals surface area contributed by atoms with E-state index in [2.05, 4.69) is 20.9 Å². The Hall–Kier alpha value is -5.14. The zero-order valence-corrected chi connectivity index (χ0v) is 22.9. The van der Waals surface area contributed by atoms with Crippen LogP contribution >= 0.6 is 0 Å². The normalized spacial score (nSPS) is 12.7. The van der Waals surface area contributed by atoms with Crippen LogP contribution in [0.1, 0.15) is 29.5 Å². The van der Waals surface area contributed by atoms with Crippen molar-refractivity contribution in [3.8, 4) is 0 Å². The van der Waals surface area contributed by atoms with Crippen LogP contribution in [-0.4, -0.2) is 61.1 Å². The average molecular weight is 567 g/mol. The maximum atomic E-state index is 13.4. The second kappa shape index (κ2) is 15.5. The third-order valence-electron chi connectivity index (χ3n) is 6.24. The first-order valence-electron chi connectivity index (χ1n) is 12.9. The molecule has 0 bridgehead atoms. The predicted molar refractivity (Wildman–Crippen MR) is 156 cm³/mol. The topological polar surface area (TPSA) is 271 Å². The van der Waals surface area contributed by atoms with Gasteiger partial charge in [0.15, 0.2) is 5.96 Å². The van der Waals surface area contributed by atoms with Gasteiger partial charge in [-0.25, -0.2) is 0 Å². The van der Waals surface area contributed by atoms with Crippen molar-refractivity contribution in [1.82, 2.24) is 16.0 Å². The van der Waals surface area contributed by atoms with Crippen LogP contribution in [0.3, 0.4) is 0 Å². The van der Waals surface area contributed by atoms with Gasteiger partial charge in [-0.3, -0.25) is 29.6 Å². The Morgan fingerprint density at radius 3 is 1.90 bits per heavy atom. The van der Waals surface area contributed by atoms with E-state index in [9.17, 15) is 19.2 Å². The largest absolute Gasteiger partial charge is 0.399 e. The van der Waals surface area contributed by atoms with E-state index in [4.69, 9.17) is 34.1 Å². The molecule has 0 radical (unpaired) electrons. The van der Waals surface area contributed by atoms with Gasteiger partial charge in [0.2, 0.25) is 23.6 Å². The van der Waals surface area contributed by atoms with Crippen LogP contribution in [0.25, 0.3) is 0 Å². The minimum absolute atomic E-state index is 0.0224. The SMILES string of the molecule is CNC(=O)C(Cc1ccc(C(=N)N)cc1)C(=O)N[C@@H](Cc1ccc(N)cc1)C(=O)N[C@@H](CCCN=C(N)N)C(N)=O. The molecular formula is C27H38N10O4. The second-order valence-corrected chi connectivity index (χ2v) is 9.40. The molecule has 41 heavy (non-hydrogen) atoms. The summed E-state index contributed by atoms with van der Waals surface area (Å²) in [6, 6.07) is 11.1. The number of nitrogens with two attached hydrogens (primary N) is 5. The summed E-state index contributed by atoms with van der Waals surface area (Å²) in [4.78, 5) is 55.4. The quantitative estimate of drug-likeness (QED) is 0.0389. The molecule has 0 fully saturated rings. The molecule has 0 heterocycles. The number of primary amides is 1. The molecule has 14 N–H and O–H groups in total. The van der Waals surface area contributed by atoms with Crippen molar-refractivity contribution < 1.29 is 19.2 Å². The molecule has 14 heteroatoms. The fourth-order valence-corrected chi connectivity index (χ4v) is 3.97. The first-order chi connectivity index (χ1) is 19.4. The number of amides is 4. The highest BCUT2D eigenvalue weighted by Crippen LogP contribution is 2.14. The van der Waals surface area contributed by atoms with Crippen molar-refractivity contribution in [2.24, 2.45) is 33.8 Å². The molecule has 3 atom stereocenters. The van der Waals surface area contributed by atoms with Gasteiger partial charge in [0, 0.05) is 31.3 Å². The Kier molecular flexibility index (Phi) is 12.1. The molecule has 0 saturated carbocycles. The number of hydrogen-bond acceptors (Lipinski definition) is 7. The van der Waals surface area contributed by atoms with E-state index in [-0.39, 0.29) is 37.6 Å². The number of hydrogen-bond donors (Lipinski definition) is 9. The third-order valence-corrected chi connectivity index (χ3v) is 6.24. The van der Waals surface area contributed by atoms with Gasteiger partial charge >= 0.3 is 0 Å². The monoisotopic (exact) mass is 566 g/mol. The van der Waals surface area contributed by atoms with E-state index < -0.39 is 41.6 Å². The summed E-state index contributed by atoms with van der Waals surface area (Å²) in [7, 11) is 1.40. The first-order valence-corrected chi connectivity index (χ1v) is 12.9. The lowest BCUT2D eigenvalue weighted by Gasteiger charge is -2.24. The van der Waals surface area contributed by atoms with E-state index in [1.54, 1.807) is 48.5 Å². The second-order valence-electron chi connectivity index (χ2n) is 9.40. The number of nitrogen functional groups attached to an aromatic ring is 2. The molecule has 2 rings (SSSR count). The molecule has 220 valence electrons. The number of benzene rings is 2. The number of nitrogens with one attached hydrogen (secondary N) is 4. The minimum atomic E-state index is -1.18. The minimum Gasteiger partial charge on any atom is -0.399 e. The van der Waals surface area contributed by atoms with Crippen molar-refractivity contribution in [3.63, 3.8) is 0 Å². The molecule has 14 nitrogen and oxygen atoms in total. The molecular weight excluding hydrogens is 528 g/mol. The van der Waals surface area contributed by atoms with Crippen LogP contribution < -0.4 is 44.6 Å². The third kappa shape index (κ3) is 10.5. The van der Waals surface area contributed by atoms with Crippen LogP contribution in [0.4, 0.5) is 5.69 Å². The standard InChI is InChI=1S/C27H38N10O4/c1-34-24(39)19(13-15-4-8-17(9-5-15)22(29)30)25(40)37-21(14-16-6-10-18(28)11-7-16)26(41)36-20(23(31)38)3-2-12-35-27(32)33/h4-11,19-21H,2-3,12-14,28H2,1H3,(H3,29,30)(H2,31,38)(H,34,39)(H,36,41)(H,37,40)(H4,32,33,35)/t19?,20-,21-/m0/s1. The van der Waals surface area contributed by atoms with E-state index in [1.807, 2.05) is 0 Å². The molecule has 0 saturated heterocycles. The number of carbonyl (C=O) groups is 4. The Balaban J connectivity index is 2.27. The zero-order valence-electron chi connectivity index (χ0n) is 22.9. The van der Waals surface area contributed by atoms with Crippen LogP contribution in [0, 0.1) is 11.3 Å². The highest BCUT2D eigenvalue weighted by atomic mass is 16.2. The first kappa shape index (κ1) is 32.1. The van der Waals surface area contributed by atoms with Crippen LogP contribution in [-0.2, 0) is 32.0 Å². The lowest BCUT2D eigenvalue weighted by molar-refractivity contribution is -0.137. The number of anilines is 1. The van der Waals surface area contributed by atoms with Crippen molar-refractivity contribution in [2.75, 3.05) is 19.3 Å². The highest BCUT2D eigenvalue weighted by Gasteiger charge is 2.31. The smallest absolute Gasteiger partial charge is 0.243 e. The average Bonchev–Trinajstić information content (AvgIpc) is 2.93. The van der Waals surface area contributed by atoms with Gasteiger partial charge in [-0.1, -0.05) is 36.4 Å². The highest BCUT2D eigenvalue weighted by molar-refractivity contribution is 6.02.